The summed E-state index contributed by atoms with van der Waals surface area (Å²) in [6, 6.07) is 7.75. The van der Waals surface area contributed by atoms with Crippen LogP contribution >= 0.6 is 0 Å². The molecule has 1 aromatic carbocycles. The Morgan fingerprint density at radius 3 is 2.50 bits per heavy atom. The third-order valence-corrected chi connectivity index (χ3v) is 3.33. The normalized spacial score (nSPS) is 10.4. The molecule has 1 N–H and O–H groups in total. The Bertz CT molecular complexity index is 388. The molecule has 0 aliphatic carbocycles. The first-order chi connectivity index (χ1) is 9.72. The van der Waals surface area contributed by atoms with E-state index in [-0.39, 0.29) is 6.61 Å². The lowest BCUT2D eigenvalue weighted by molar-refractivity contribution is -0.139. The van der Waals surface area contributed by atoms with E-state index in [2.05, 4.69) is 13.0 Å². The van der Waals surface area contributed by atoms with Crippen LogP contribution in [0.25, 0.3) is 0 Å². The number of aryl methyl sites for hydroxylation is 1. The largest absolute Gasteiger partial charge is 0.482 e. The first-order valence-corrected chi connectivity index (χ1v) is 7.66. The van der Waals surface area contributed by atoms with Crippen LogP contribution in [0.4, 0.5) is 0 Å². The monoisotopic (exact) mass is 278 g/mol. The number of hydrogen-bond donors (Lipinski definition) is 1. The van der Waals surface area contributed by atoms with Crippen molar-refractivity contribution < 1.29 is 14.6 Å². The van der Waals surface area contributed by atoms with Crippen LogP contribution in [0.3, 0.4) is 0 Å². The lowest BCUT2D eigenvalue weighted by Crippen LogP contribution is -2.09. The molecule has 3 heteroatoms. The maximum atomic E-state index is 10.5. The number of carbonyl (C=O) groups is 1. The third kappa shape index (κ3) is 7.82. The van der Waals surface area contributed by atoms with Gasteiger partial charge in [0.1, 0.15) is 5.75 Å². The van der Waals surface area contributed by atoms with E-state index in [1.165, 1.54) is 50.5 Å². The van der Waals surface area contributed by atoms with Crippen LogP contribution in [0.1, 0.15) is 57.4 Å². The Hall–Kier alpha value is -1.51. The van der Waals surface area contributed by atoms with Crippen molar-refractivity contribution in [2.75, 3.05) is 6.61 Å². The molecule has 0 amide bonds. The van der Waals surface area contributed by atoms with E-state index < -0.39 is 5.97 Å². The van der Waals surface area contributed by atoms with E-state index in [1.807, 2.05) is 12.1 Å². The van der Waals surface area contributed by atoms with Gasteiger partial charge in [-0.15, -0.1) is 0 Å². The second kappa shape index (κ2) is 10.3. The fourth-order valence-electron chi connectivity index (χ4n) is 2.22. The average molecular weight is 278 g/mol. The number of rotatable bonds is 11. The summed E-state index contributed by atoms with van der Waals surface area (Å²) in [5.74, 6) is -0.296. The molecule has 0 atom stereocenters. The molecule has 20 heavy (non-hydrogen) atoms. The van der Waals surface area contributed by atoms with Gasteiger partial charge in [0.2, 0.25) is 0 Å². The van der Waals surface area contributed by atoms with Crippen molar-refractivity contribution in [3.8, 4) is 5.75 Å². The first kappa shape index (κ1) is 16.5. The Balaban J connectivity index is 2.19. The lowest BCUT2D eigenvalue weighted by Gasteiger charge is -2.06. The lowest BCUT2D eigenvalue weighted by atomic mass is 10.0. The van der Waals surface area contributed by atoms with Crippen LogP contribution in [0.5, 0.6) is 5.75 Å². The predicted molar refractivity (Wildman–Crippen MR) is 81.3 cm³/mol. The molecule has 0 saturated carbocycles. The van der Waals surface area contributed by atoms with Gasteiger partial charge in [0.05, 0.1) is 0 Å². The minimum atomic E-state index is -0.942. The van der Waals surface area contributed by atoms with E-state index >= 15 is 0 Å². The summed E-state index contributed by atoms with van der Waals surface area (Å²) in [5, 5.41) is 8.58. The number of carboxylic acid groups (broad SMARTS) is 1. The molecule has 3 nitrogen and oxygen atoms in total. The number of benzene rings is 1. The summed E-state index contributed by atoms with van der Waals surface area (Å²) >= 11 is 0. The molecule has 0 fully saturated rings. The molecule has 0 heterocycles. The zero-order valence-electron chi connectivity index (χ0n) is 12.4. The Morgan fingerprint density at radius 2 is 1.80 bits per heavy atom. The fourth-order valence-corrected chi connectivity index (χ4v) is 2.22. The van der Waals surface area contributed by atoms with Crippen LogP contribution in [-0.4, -0.2) is 17.7 Å². The molecule has 0 unspecified atom stereocenters. The second-order valence-electron chi connectivity index (χ2n) is 5.20. The van der Waals surface area contributed by atoms with Crippen LogP contribution in [0, 0.1) is 0 Å². The summed E-state index contributed by atoms with van der Waals surface area (Å²) in [6.07, 6.45) is 10.2. The molecular formula is C17H26O3. The van der Waals surface area contributed by atoms with Crippen molar-refractivity contribution in [2.45, 2.75) is 58.3 Å². The highest BCUT2D eigenvalue weighted by Crippen LogP contribution is 2.16. The number of aliphatic carboxylic acids is 1. The number of unbranched alkanes of at least 4 members (excludes halogenated alkanes) is 6. The van der Waals surface area contributed by atoms with Crippen LogP contribution in [0.2, 0.25) is 0 Å². The standard InChI is InChI=1S/C17H26O3/c1-2-3-4-5-6-7-8-10-15-11-9-12-16(13-15)20-14-17(18)19/h9,11-13H,2-8,10,14H2,1H3,(H,18,19). The fraction of sp³-hybridized carbons (Fsp3) is 0.588. The number of carboxylic acids is 1. The molecule has 0 aliphatic rings. The van der Waals surface area contributed by atoms with Gasteiger partial charge in [-0.05, 0) is 30.5 Å². The highest BCUT2D eigenvalue weighted by Gasteiger charge is 2.01. The van der Waals surface area contributed by atoms with E-state index in [4.69, 9.17) is 9.84 Å². The summed E-state index contributed by atoms with van der Waals surface area (Å²) in [6.45, 7) is 1.96. The van der Waals surface area contributed by atoms with Crippen molar-refractivity contribution in [2.24, 2.45) is 0 Å². The summed E-state index contributed by atoms with van der Waals surface area (Å²) in [5.41, 5.74) is 1.22. The molecule has 0 aromatic heterocycles. The quantitative estimate of drug-likeness (QED) is 0.608. The summed E-state index contributed by atoms with van der Waals surface area (Å²) in [4.78, 5) is 10.5. The molecule has 0 radical (unpaired) electrons. The topological polar surface area (TPSA) is 46.5 Å². The first-order valence-electron chi connectivity index (χ1n) is 7.66. The van der Waals surface area contributed by atoms with Gasteiger partial charge in [-0.25, -0.2) is 4.79 Å². The minimum Gasteiger partial charge on any atom is -0.482 e. The van der Waals surface area contributed by atoms with Crippen LogP contribution in [-0.2, 0) is 11.2 Å². The van der Waals surface area contributed by atoms with Gasteiger partial charge in [-0.1, -0.05) is 57.6 Å². The number of ether oxygens (including phenoxy) is 1. The van der Waals surface area contributed by atoms with E-state index in [9.17, 15) is 4.79 Å². The zero-order chi connectivity index (χ0) is 14.6. The summed E-state index contributed by atoms with van der Waals surface area (Å²) < 4.78 is 5.18. The van der Waals surface area contributed by atoms with E-state index in [0.717, 1.165) is 6.42 Å². The van der Waals surface area contributed by atoms with Gasteiger partial charge in [-0.2, -0.15) is 0 Å². The Kier molecular flexibility index (Phi) is 8.52. The van der Waals surface area contributed by atoms with E-state index in [0.29, 0.717) is 5.75 Å². The maximum absolute atomic E-state index is 10.5. The molecule has 0 aliphatic heterocycles. The smallest absolute Gasteiger partial charge is 0.341 e. The number of hydrogen-bond acceptors (Lipinski definition) is 2. The summed E-state index contributed by atoms with van der Waals surface area (Å²) in [7, 11) is 0. The van der Waals surface area contributed by atoms with Gasteiger partial charge in [0, 0.05) is 0 Å². The zero-order valence-corrected chi connectivity index (χ0v) is 12.4. The van der Waals surface area contributed by atoms with Gasteiger partial charge < -0.3 is 9.84 Å². The van der Waals surface area contributed by atoms with Gasteiger partial charge >= 0.3 is 5.97 Å². The van der Waals surface area contributed by atoms with Gasteiger partial charge in [-0.3, -0.25) is 0 Å². The highest BCUT2D eigenvalue weighted by molar-refractivity contribution is 5.68. The Labute approximate surface area is 122 Å². The minimum absolute atomic E-state index is 0.277. The molecule has 1 aromatic rings. The van der Waals surface area contributed by atoms with E-state index in [1.54, 1.807) is 6.07 Å². The predicted octanol–water partition coefficient (Wildman–Crippen LogP) is 4.44. The molecular weight excluding hydrogens is 252 g/mol. The molecule has 0 bridgehead atoms. The van der Waals surface area contributed by atoms with Crippen molar-refractivity contribution >= 4 is 5.97 Å². The van der Waals surface area contributed by atoms with Crippen LogP contribution < -0.4 is 4.74 Å². The van der Waals surface area contributed by atoms with Crippen molar-refractivity contribution in [3.05, 3.63) is 29.8 Å². The molecule has 0 spiro atoms. The SMILES string of the molecule is CCCCCCCCCc1cccc(OCC(=O)O)c1. The van der Waals surface area contributed by atoms with Crippen molar-refractivity contribution in [3.63, 3.8) is 0 Å². The van der Waals surface area contributed by atoms with Crippen LogP contribution in [0.15, 0.2) is 24.3 Å². The maximum Gasteiger partial charge on any atom is 0.341 e. The highest BCUT2D eigenvalue weighted by atomic mass is 16.5. The molecule has 112 valence electrons. The molecule has 1 rings (SSSR count). The van der Waals surface area contributed by atoms with Gasteiger partial charge in [0.15, 0.2) is 6.61 Å². The van der Waals surface area contributed by atoms with Crippen molar-refractivity contribution in [1.29, 1.82) is 0 Å². The van der Waals surface area contributed by atoms with Gasteiger partial charge in [0.25, 0.3) is 0 Å². The second-order valence-corrected chi connectivity index (χ2v) is 5.20. The average Bonchev–Trinajstić information content (AvgIpc) is 2.45. The third-order valence-electron chi connectivity index (χ3n) is 3.33. The van der Waals surface area contributed by atoms with Crippen molar-refractivity contribution in [1.82, 2.24) is 0 Å². The molecule has 0 saturated heterocycles. The Morgan fingerprint density at radius 1 is 1.10 bits per heavy atom.